The monoisotopic (exact) mass is 304 g/mol. The zero-order valence-corrected chi connectivity index (χ0v) is 12.4. The first-order valence-corrected chi connectivity index (χ1v) is 6.73. The van der Waals surface area contributed by atoms with E-state index in [-0.39, 0.29) is 12.5 Å². The fourth-order valence-electron chi connectivity index (χ4n) is 1.83. The molecule has 2 rings (SSSR count). The van der Waals surface area contributed by atoms with E-state index in [1.54, 1.807) is 42.0 Å². The molecule has 1 aromatic heterocycles. The van der Waals surface area contributed by atoms with Gasteiger partial charge in [0, 0.05) is 12.1 Å². The van der Waals surface area contributed by atoms with Gasteiger partial charge in [-0.2, -0.15) is 5.10 Å². The number of hydrogen-bond acceptors (Lipinski definition) is 4. The fraction of sp³-hybridized carbons (Fsp3) is 0.214. The summed E-state index contributed by atoms with van der Waals surface area (Å²) in [6, 6.07) is 6.95. The van der Waals surface area contributed by atoms with E-state index in [1.165, 1.54) is 0 Å². The summed E-state index contributed by atoms with van der Waals surface area (Å²) in [6.45, 7) is 4.49. The maximum Gasteiger partial charge on any atom is 0.251 e. The number of amides is 1. The summed E-state index contributed by atoms with van der Waals surface area (Å²) in [7, 11) is 1.56. The van der Waals surface area contributed by atoms with Gasteiger partial charge >= 0.3 is 0 Å². The standard InChI is InChI=1S/C14H16N4O2S/c1-3-7-18-12(16-17-14(18)21)9-15-13(19)10-5-4-6-11(8-10)20-2/h3-6,8H,1,7,9H2,2H3,(H,15,19)(H,17,21). The number of hydrogen-bond donors (Lipinski definition) is 2. The molecule has 0 aliphatic heterocycles. The predicted molar refractivity (Wildman–Crippen MR) is 81.8 cm³/mol. The Bertz CT molecular complexity index is 705. The second-order valence-electron chi connectivity index (χ2n) is 4.26. The number of nitrogens with one attached hydrogen (secondary N) is 2. The first-order valence-electron chi connectivity index (χ1n) is 6.33. The molecule has 0 spiro atoms. The number of benzene rings is 1. The molecule has 0 aliphatic rings. The van der Waals surface area contributed by atoms with E-state index < -0.39 is 0 Å². The molecule has 1 heterocycles. The molecule has 1 amide bonds. The number of aromatic amines is 1. The molecule has 1 aromatic carbocycles. The third-order valence-corrected chi connectivity index (χ3v) is 3.20. The van der Waals surface area contributed by atoms with Gasteiger partial charge in [-0.05, 0) is 30.4 Å². The Morgan fingerprint density at radius 1 is 1.62 bits per heavy atom. The van der Waals surface area contributed by atoms with E-state index in [0.29, 0.717) is 28.5 Å². The van der Waals surface area contributed by atoms with Gasteiger partial charge in [-0.25, -0.2) is 0 Å². The number of carbonyl (C=O) groups excluding carboxylic acids is 1. The first-order chi connectivity index (χ1) is 10.2. The first kappa shape index (κ1) is 15.0. The summed E-state index contributed by atoms with van der Waals surface area (Å²) in [6.07, 6.45) is 1.72. The van der Waals surface area contributed by atoms with Crippen molar-refractivity contribution in [3.8, 4) is 5.75 Å². The summed E-state index contributed by atoms with van der Waals surface area (Å²) < 4.78 is 7.37. The highest BCUT2D eigenvalue weighted by Crippen LogP contribution is 2.12. The molecular weight excluding hydrogens is 288 g/mol. The van der Waals surface area contributed by atoms with Crippen molar-refractivity contribution in [1.82, 2.24) is 20.1 Å². The highest BCUT2D eigenvalue weighted by molar-refractivity contribution is 7.71. The van der Waals surface area contributed by atoms with Crippen molar-refractivity contribution in [2.24, 2.45) is 0 Å². The zero-order chi connectivity index (χ0) is 15.2. The molecular formula is C14H16N4O2S. The van der Waals surface area contributed by atoms with E-state index in [9.17, 15) is 4.79 Å². The van der Waals surface area contributed by atoms with Crippen LogP contribution in [0.3, 0.4) is 0 Å². The molecule has 21 heavy (non-hydrogen) atoms. The van der Waals surface area contributed by atoms with Crippen molar-refractivity contribution in [3.63, 3.8) is 0 Å². The van der Waals surface area contributed by atoms with Crippen LogP contribution < -0.4 is 10.1 Å². The van der Waals surface area contributed by atoms with E-state index in [2.05, 4.69) is 22.1 Å². The summed E-state index contributed by atoms with van der Waals surface area (Å²) >= 11 is 5.11. The third-order valence-electron chi connectivity index (χ3n) is 2.89. The maximum atomic E-state index is 12.1. The lowest BCUT2D eigenvalue weighted by molar-refractivity contribution is 0.0949. The number of aromatic nitrogens is 3. The molecule has 6 nitrogen and oxygen atoms in total. The number of carbonyl (C=O) groups is 1. The Labute approximate surface area is 127 Å². The van der Waals surface area contributed by atoms with Crippen LogP contribution in [0.4, 0.5) is 0 Å². The lowest BCUT2D eigenvalue weighted by Gasteiger charge is -2.07. The predicted octanol–water partition coefficient (Wildman–Crippen LogP) is 2.07. The van der Waals surface area contributed by atoms with E-state index >= 15 is 0 Å². The Kier molecular flexibility index (Phi) is 4.89. The average Bonchev–Trinajstić information content (AvgIpc) is 2.86. The smallest absolute Gasteiger partial charge is 0.251 e. The van der Waals surface area contributed by atoms with Gasteiger partial charge in [-0.3, -0.25) is 14.5 Å². The van der Waals surface area contributed by atoms with Gasteiger partial charge in [0.1, 0.15) is 5.75 Å². The molecule has 0 saturated carbocycles. The molecule has 2 N–H and O–H groups in total. The normalized spacial score (nSPS) is 10.1. The van der Waals surface area contributed by atoms with Crippen molar-refractivity contribution in [2.75, 3.05) is 7.11 Å². The molecule has 0 bridgehead atoms. The summed E-state index contributed by atoms with van der Waals surface area (Å²) in [5.74, 6) is 1.08. The highest BCUT2D eigenvalue weighted by atomic mass is 32.1. The second-order valence-corrected chi connectivity index (χ2v) is 4.65. The SMILES string of the molecule is C=CCn1c(CNC(=O)c2cccc(OC)c2)n[nH]c1=S. The van der Waals surface area contributed by atoms with Crippen LogP contribution in [-0.2, 0) is 13.1 Å². The van der Waals surface area contributed by atoms with Crippen LogP contribution in [0.5, 0.6) is 5.75 Å². The molecule has 110 valence electrons. The van der Waals surface area contributed by atoms with Gasteiger partial charge in [0.25, 0.3) is 5.91 Å². The fourth-order valence-corrected chi connectivity index (χ4v) is 2.05. The molecule has 0 radical (unpaired) electrons. The van der Waals surface area contributed by atoms with Crippen molar-refractivity contribution in [3.05, 3.63) is 53.1 Å². The van der Waals surface area contributed by atoms with Crippen LogP contribution in [0, 0.1) is 4.77 Å². The number of H-pyrrole nitrogens is 1. The average molecular weight is 304 g/mol. The van der Waals surface area contributed by atoms with E-state index in [0.717, 1.165) is 0 Å². The van der Waals surface area contributed by atoms with Crippen LogP contribution in [0.25, 0.3) is 0 Å². The maximum absolute atomic E-state index is 12.1. The number of allylic oxidation sites excluding steroid dienone is 1. The Balaban J connectivity index is 2.07. The van der Waals surface area contributed by atoms with Crippen molar-refractivity contribution in [2.45, 2.75) is 13.1 Å². The van der Waals surface area contributed by atoms with Gasteiger partial charge in [0.15, 0.2) is 10.6 Å². The lowest BCUT2D eigenvalue weighted by atomic mass is 10.2. The number of ether oxygens (including phenoxy) is 1. The van der Waals surface area contributed by atoms with E-state index in [4.69, 9.17) is 17.0 Å². The third kappa shape index (κ3) is 3.57. The van der Waals surface area contributed by atoms with Crippen LogP contribution in [0.1, 0.15) is 16.2 Å². The number of nitrogens with zero attached hydrogens (tertiary/aromatic N) is 2. The quantitative estimate of drug-likeness (QED) is 0.633. The number of methoxy groups -OCH3 is 1. The summed E-state index contributed by atoms with van der Waals surface area (Å²) in [5.41, 5.74) is 0.527. The van der Waals surface area contributed by atoms with Gasteiger partial charge in [0.05, 0.1) is 13.7 Å². The molecule has 0 aliphatic carbocycles. The molecule has 0 saturated heterocycles. The molecule has 0 unspecified atom stereocenters. The van der Waals surface area contributed by atoms with Crippen LogP contribution in [0.15, 0.2) is 36.9 Å². The summed E-state index contributed by atoms with van der Waals surface area (Å²) in [4.78, 5) is 12.1. The van der Waals surface area contributed by atoms with Crippen LogP contribution in [-0.4, -0.2) is 27.8 Å². The molecule has 0 atom stereocenters. The number of rotatable bonds is 6. The Morgan fingerprint density at radius 2 is 2.43 bits per heavy atom. The highest BCUT2D eigenvalue weighted by Gasteiger charge is 2.09. The van der Waals surface area contributed by atoms with Crippen LogP contribution >= 0.6 is 12.2 Å². The molecule has 0 fully saturated rings. The Morgan fingerprint density at radius 3 is 3.14 bits per heavy atom. The van der Waals surface area contributed by atoms with Crippen molar-refractivity contribution in [1.29, 1.82) is 0 Å². The van der Waals surface area contributed by atoms with Crippen molar-refractivity contribution < 1.29 is 9.53 Å². The molecule has 7 heteroatoms. The molecule has 2 aromatic rings. The summed E-state index contributed by atoms with van der Waals surface area (Å²) in [5, 5.41) is 9.59. The van der Waals surface area contributed by atoms with Crippen molar-refractivity contribution >= 4 is 18.1 Å². The topological polar surface area (TPSA) is 71.9 Å². The second kappa shape index (κ2) is 6.85. The minimum Gasteiger partial charge on any atom is -0.497 e. The zero-order valence-electron chi connectivity index (χ0n) is 11.6. The largest absolute Gasteiger partial charge is 0.497 e. The van der Waals surface area contributed by atoms with Gasteiger partial charge < -0.3 is 10.1 Å². The van der Waals surface area contributed by atoms with Gasteiger partial charge in [0.2, 0.25) is 0 Å². The van der Waals surface area contributed by atoms with Gasteiger partial charge in [-0.1, -0.05) is 12.1 Å². The lowest BCUT2D eigenvalue weighted by Crippen LogP contribution is -2.24. The minimum absolute atomic E-state index is 0.201. The van der Waals surface area contributed by atoms with E-state index in [1.807, 2.05) is 0 Å². The van der Waals surface area contributed by atoms with Crippen LogP contribution in [0.2, 0.25) is 0 Å². The van der Waals surface area contributed by atoms with Gasteiger partial charge in [-0.15, -0.1) is 6.58 Å². The Hall–Kier alpha value is -2.41. The minimum atomic E-state index is -0.201.